The van der Waals surface area contributed by atoms with Crippen molar-refractivity contribution >= 4 is 11.9 Å². The summed E-state index contributed by atoms with van der Waals surface area (Å²) in [6.45, 7) is 6.43. The van der Waals surface area contributed by atoms with Gasteiger partial charge in [-0.2, -0.15) is 0 Å². The maximum atomic E-state index is 12.2. The van der Waals surface area contributed by atoms with Crippen LogP contribution < -0.4 is 5.32 Å². The van der Waals surface area contributed by atoms with Crippen molar-refractivity contribution in [1.29, 1.82) is 0 Å². The van der Waals surface area contributed by atoms with E-state index in [9.17, 15) is 9.59 Å². The first-order valence-electron chi connectivity index (χ1n) is 8.27. The van der Waals surface area contributed by atoms with Gasteiger partial charge in [0.05, 0.1) is 6.42 Å². The topological polar surface area (TPSA) is 84.2 Å². The summed E-state index contributed by atoms with van der Waals surface area (Å²) >= 11 is 0. The van der Waals surface area contributed by atoms with Gasteiger partial charge in [0.1, 0.15) is 11.9 Å². The van der Waals surface area contributed by atoms with E-state index in [-0.39, 0.29) is 24.2 Å². The van der Waals surface area contributed by atoms with E-state index in [1.54, 1.807) is 6.20 Å². The molecule has 25 heavy (non-hydrogen) atoms. The maximum absolute atomic E-state index is 12.2. The van der Waals surface area contributed by atoms with Gasteiger partial charge in [-0.15, -0.1) is 0 Å². The van der Waals surface area contributed by atoms with Crippen molar-refractivity contribution in [2.24, 2.45) is 7.05 Å². The second-order valence-electron chi connectivity index (χ2n) is 7.16. The Morgan fingerprint density at radius 3 is 2.32 bits per heavy atom. The first kappa shape index (κ1) is 18.7. The summed E-state index contributed by atoms with van der Waals surface area (Å²) < 4.78 is 1.85. The minimum atomic E-state index is -0.988. The lowest BCUT2D eigenvalue weighted by Gasteiger charge is -2.22. The molecule has 134 valence electrons. The Bertz CT molecular complexity index is 742. The van der Waals surface area contributed by atoms with Crippen LogP contribution in [0.3, 0.4) is 0 Å². The molecule has 1 atom stereocenters. The molecule has 1 aromatic heterocycles. The zero-order valence-corrected chi connectivity index (χ0v) is 15.1. The van der Waals surface area contributed by atoms with Crippen LogP contribution in [-0.2, 0) is 22.1 Å². The highest BCUT2D eigenvalue weighted by Crippen LogP contribution is 2.26. The molecule has 6 nitrogen and oxygen atoms in total. The van der Waals surface area contributed by atoms with Crippen molar-refractivity contribution in [2.75, 3.05) is 0 Å². The van der Waals surface area contributed by atoms with E-state index in [0.29, 0.717) is 5.82 Å². The molecule has 0 aliphatic carbocycles. The molecule has 2 rings (SSSR count). The van der Waals surface area contributed by atoms with Gasteiger partial charge < -0.3 is 15.0 Å². The normalized spacial score (nSPS) is 12.6. The fourth-order valence-corrected chi connectivity index (χ4v) is 2.58. The zero-order chi connectivity index (χ0) is 18.6. The van der Waals surface area contributed by atoms with Gasteiger partial charge in [0, 0.05) is 25.9 Å². The number of aliphatic carboxylic acids is 1. The van der Waals surface area contributed by atoms with Gasteiger partial charge in [-0.1, -0.05) is 45.0 Å². The van der Waals surface area contributed by atoms with Crippen LogP contribution in [0.5, 0.6) is 0 Å². The molecule has 1 aromatic carbocycles. The Kier molecular flexibility index (Phi) is 5.62. The highest BCUT2D eigenvalue weighted by atomic mass is 16.4. The molecule has 1 amide bonds. The summed E-state index contributed by atoms with van der Waals surface area (Å²) in [5.74, 6) is -0.597. The van der Waals surface area contributed by atoms with E-state index < -0.39 is 12.0 Å². The molecule has 0 bridgehead atoms. The summed E-state index contributed by atoms with van der Waals surface area (Å²) in [5, 5.41) is 11.7. The Morgan fingerprint density at radius 1 is 1.20 bits per heavy atom. The first-order chi connectivity index (χ1) is 11.7. The Balaban J connectivity index is 2.28. The van der Waals surface area contributed by atoms with E-state index >= 15 is 0 Å². The fourth-order valence-electron chi connectivity index (χ4n) is 2.58. The van der Waals surface area contributed by atoms with E-state index in [1.807, 2.05) is 29.9 Å². The molecule has 0 fully saturated rings. The minimum absolute atomic E-state index is 0.0436. The molecule has 0 saturated carbocycles. The van der Waals surface area contributed by atoms with Crippen LogP contribution in [0.1, 0.15) is 56.6 Å². The van der Waals surface area contributed by atoms with Crippen molar-refractivity contribution in [3.05, 3.63) is 53.6 Å². The largest absolute Gasteiger partial charge is 0.481 e. The number of carbonyl (C=O) groups excluding carboxylic acids is 1. The molecule has 0 spiro atoms. The molecule has 1 heterocycles. The third kappa shape index (κ3) is 4.92. The van der Waals surface area contributed by atoms with Gasteiger partial charge in [0.15, 0.2) is 0 Å². The highest BCUT2D eigenvalue weighted by molar-refractivity contribution is 5.81. The standard InChI is InChI=1S/C19H25N3O3/c1-19(2,3)14-7-5-13(6-8-14)17(18-20-11-12-22(18)4)21-15(23)9-10-16(24)25/h5-8,11-12,17H,9-10H2,1-4H3,(H,21,23)(H,24,25). The van der Waals surface area contributed by atoms with Gasteiger partial charge >= 0.3 is 5.97 Å². The molecule has 6 heteroatoms. The number of nitrogens with one attached hydrogen (secondary N) is 1. The van der Waals surface area contributed by atoms with Crippen LogP contribution in [0.2, 0.25) is 0 Å². The Morgan fingerprint density at radius 2 is 1.84 bits per heavy atom. The molecule has 0 aliphatic heterocycles. The molecule has 2 N–H and O–H groups in total. The third-order valence-electron chi connectivity index (χ3n) is 4.10. The molecule has 1 unspecified atom stereocenters. The molecule has 0 aliphatic rings. The lowest BCUT2D eigenvalue weighted by atomic mass is 9.86. The van der Waals surface area contributed by atoms with E-state index in [0.717, 1.165) is 5.56 Å². The number of aromatic nitrogens is 2. The number of carboxylic acids is 1. The number of hydrogen-bond acceptors (Lipinski definition) is 3. The van der Waals surface area contributed by atoms with Crippen LogP contribution in [0.4, 0.5) is 0 Å². The zero-order valence-electron chi connectivity index (χ0n) is 15.1. The van der Waals surface area contributed by atoms with Crippen LogP contribution in [0, 0.1) is 0 Å². The molecular weight excluding hydrogens is 318 g/mol. The van der Waals surface area contributed by atoms with Crippen LogP contribution >= 0.6 is 0 Å². The van der Waals surface area contributed by atoms with Gasteiger partial charge in [-0.3, -0.25) is 9.59 Å². The summed E-state index contributed by atoms with van der Waals surface area (Å²) in [7, 11) is 1.86. The summed E-state index contributed by atoms with van der Waals surface area (Å²) in [6, 6.07) is 7.65. The van der Waals surface area contributed by atoms with Crippen molar-refractivity contribution in [3.8, 4) is 0 Å². The minimum Gasteiger partial charge on any atom is -0.481 e. The lowest BCUT2D eigenvalue weighted by molar-refractivity contribution is -0.138. The van der Waals surface area contributed by atoms with E-state index in [1.165, 1.54) is 5.56 Å². The number of hydrogen-bond donors (Lipinski definition) is 2. The summed E-state index contributed by atoms with van der Waals surface area (Å²) in [5.41, 5.74) is 2.15. The second-order valence-corrected chi connectivity index (χ2v) is 7.16. The Hall–Kier alpha value is -2.63. The molecule has 0 radical (unpaired) electrons. The summed E-state index contributed by atoms with van der Waals surface area (Å²) in [6.07, 6.45) is 3.24. The predicted molar refractivity (Wildman–Crippen MR) is 95.2 cm³/mol. The van der Waals surface area contributed by atoms with E-state index in [4.69, 9.17) is 5.11 Å². The average molecular weight is 343 g/mol. The smallest absolute Gasteiger partial charge is 0.303 e. The van der Waals surface area contributed by atoms with Crippen LogP contribution in [-0.4, -0.2) is 26.5 Å². The van der Waals surface area contributed by atoms with E-state index in [2.05, 4.69) is 43.2 Å². The quantitative estimate of drug-likeness (QED) is 0.845. The molecule has 2 aromatic rings. The third-order valence-corrected chi connectivity index (χ3v) is 4.10. The lowest BCUT2D eigenvalue weighted by Crippen LogP contribution is -2.31. The number of nitrogens with zero attached hydrogens (tertiary/aromatic N) is 2. The SMILES string of the molecule is Cn1ccnc1C(NC(=O)CCC(=O)O)c1ccc(C(C)(C)C)cc1. The Labute approximate surface area is 147 Å². The number of imidazole rings is 1. The van der Waals surface area contributed by atoms with Crippen LogP contribution in [0.25, 0.3) is 0 Å². The number of carboxylic acid groups (broad SMARTS) is 1. The van der Waals surface area contributed by atoms with Crippen molar-refractivity contribution in [2.45, 2.75) is 45.1 Å². The molecule has 0 saturated heterocycles. The van der Waals surface area contributed by atoms with Gasteiger partial charge in [-0.25, -0.2) is 4.98 Å². The number of aryl methyl sites for hydroxylation is 1. The monoisotopic (exact) mass is 343 g/mol. The summed E-state index contributed by atoms with van der Waals surface area (Å²) in [4.78, 5) is 27.2. The number of benzene rings is 1. The number of amides is 1. The highest BCUT2D eigenvalue weighted by Gasteiger charge is 2.22. The predicted octanol–water partition coefficient (Wildman–Crippen LogP) is 2.79. The second kappa shape index (κ2) is 7.51. The van der Waals surface area contributed by atoms with Crippen molar-refractivity contribution in [1.82, 2.24) is 14.9 Å². The first-order valence-corrected chi connectivity index (χ1v) is 8.27. The van der Waals surface area contributed by atoms with Crippen molar-refractivity contribution < 1.29 is 14.7 Å². The number of rotatable bonds is 6. The van der Waals surface area contributed by atoms with Gasteiger partial charge in [0.2, 0.25) is 5.91 Å². The van der Waals surface area contributed by atoms with Crippen molar-refractivity contribution in [3.63, 3.8) is 0 Å². The van der Waals surface area contributed by atoms with Crippen LogP contribution in [0.15, 0.2) is 36.7 Å². The number of carbonyl (C=O) groups is 2. The van der Waals surface area contributed by atoms with Gasteiger partial charge in [-0.05, 0) is 16.5 Å². The fraction of sp³-hybridized carbons (Fsp3) is 0.421. The molecular formula is C19H25N3O3. The van der Waals surface area contributed by atoms with Gasteiger partial charge in [0.25, 0.3) is 0 Å². The maximum Gasteiger partial charge on any atom is 0.303 e. The average Bonchev–Trinajstić information content (AvgIpc) is 2.96.